The van der Waals surface area contributed by atoms with Crippen LogP contribution < -0.4 is 10.6 Å². The number of benzene rings is 1. The summed E-state index contributed by atoms with van der Waals surface area (Å²) in [6, 6.07) is 3.36. The Morgan fingerprint density at radius 3 is 2.40 bits per heavy atom. The van der Waals surface area contributed by atoms with Gasteiger partial charge in [0.2, 0.25) is 5.91 Å². The number of anilines is 2. The first-order valence-corrected chi connectivity index (χ1v) is 6.72. The van der Waals surface area contributed by atoms with Gasteiger partial charge in [0.15, 0.2) is 0 Å². The molecular weight excluding hydrogens is 269 g/mol. The largest absolute Gasteiger partial charge is 0.416 e. The highest BCUT2D eigenvalue weighted by molar-refractivity contribution is 6.06. The summed E-state index contributed by atoms with van der Waals surface area (Å²) in [5.74, 6) is -0.135. The van der Waals surface area contributed by atoms with Crippen molar-refractivity contribution in [2.45, 2.75) is 43.8 Å². The fourth-order valence-electron chi connectivity index (χ4n) is 3.00. The van der Waals surface area contributed by atoms with Crippen LogP contribution in [0.5, 0.6) is 0 Å². The van der Waals surface area contributed by atoms with Gasteiger partial charge in [0, 0.05) is 0 Å². The van der Waals surface area contributed by atoms with Crippen LogP contribution in [0.4, 0.5) is 24.5 Å². The van der Waals surface area contributed by atoms with Crippen LogP contribution in [0.2, 0.25) is 0 Å². The van der Waals surface area contributed by atoms with E-state index in [2.05, 4.69) is 10.6 Å². The normalized spacial score (nSPS) is 21.1. The molecular formula is C14H15F3N2O. The van der Waals surface area contributed by atoms with E-state index < -0.39 is 17.3 Å². The zero-order valence-electron chi connectivity index (χ0n) is 10.8. The van der Waals surface area contributed by atoms with E-state index in [1.165, 1.54) is 6.07 Å². The number of halogens is 3. The minimum absolute atomic E-state index is 0.135. The summed E-state index contributed by atoms with van der Waals surface area (Å²) < 4.78 is 38.3. The zero-order chi connectivity index (χ0) is 14.4. The summed E-state index contributed by atoms with van der Waals surface area (Å²) in [5, 5.41) is 5.79. The minimum atomic E-state index is -4.38. The van der Waals surface area contributed by atoms with Crippen molar-refractivity contribution in [3.8, 4) is 0 Å². The average Bonchev–Trinajstić information content (AvgIpc) is 2.39. The van der Waals surface area contributed by atoms with Gasteiger partial charge in [-0.3, -0.25) is 4.79 Å². The number of fused-ring (bicyclic) bond motifs is 1. The maximum absolute atomic E-state index is 12.8. The highest BCUT2D eigenvalue weighted by atomic mass is 19.4. The van der Waals surface area contributed by atoms with Gasteiger partial charge < -0.3 is 10.6 Å². The number of hydrogen-bond acceptors (Lipinski definition) is 2. The van der Waals surface area contributed by atoms with Crippen LogP contribution >= 0.6 is 0 Å². The highest BCUT2D eigenvalue weighted by Crippen LogP contribution is 2.41. The molecule has 2 aliphatic rings. The molecule has 3 rings (SSSR count). The Hall–Kier alpha value is -1.72. The molecule has 1 fully saturated rings. The van der Waals surface area contributed by atoms with Gasteiger partial charge >= 0.3 is 6.18 Å². The van der Waals surface area contributed by atoms with E-state index in [4.69, 9.17) is 0 Å². The van der Waals surface area contributed by atoms with Crippen molar-refractivity contribution in [1.29, 1.82) is 0 Å². The predicted molar refractivity (Wildman–Crippen MR) is 69.5 cm³/mol. The van der Waals surface area contributed by atoms with Crippen molar-refractivity contribution in [3.05, 3.63) is 23.8 Å². The van der Waals surface area contributed by atoms with Crippen LogP contribution in [0.15, 0.2) is 18.2 Å². The molecule has 0 saturated heterocycles. The van der Waals surface area contributed by atoms with E-state index in [0.29, 0.717) is 24.2 Å². The second kappa shape index (κ2) is 4.40. The van der Waals surface area contributed by atoms with Crippen LogP contribution in [0.3, 0.4) is 0 Å². The van der Waals surface area contributed by atoms with Crippen molar-refractivity contribution >= 4 is 17.3 Å². The molecule has 1 aliphatic heterocycles. The van der Waals surface area contributed by atoms with Crippen molar-refractivity contribution in [2.75, 3.05) is 10.6 Å². The maximum Gasteiger partial charge on any atom is 0.416 e. The quantitative estimate of drug-likeness (QED) is 0.761. The van der Waals surface area contributed by atoms with Gasteiger partial charge in [0.25, 0.3) is 0 Å². The van der Waals surface area contributed by atoms with Gasteiger partial charge in [0.1, 0.15) is 5.54 Å². The Morgan fingerprint density at radius 2 is 1.75 bits per heavy atom. The molecule has 0 radical (unpaired) electrons. The van der Waals surface area contributed by atoms with Gasteiger partial charge in [-0.15, -0.1) is 0 Å². The van der Waals surface area contributed by atoms with Crippen molar-refractivity contribution < 1.29 is 18.0 Å². The molecule has 1 aliphatic carbocycles. The van der Waals surface area contributed by atoms with Gasteiger partial charge in [-0.2, -0.15) is 13.2 Å². The third-order valence-corrected chi connectivity index (χ3v) is 4.11. The lowest BCUT2D eigenvalue weighted by molar-refractivity contribution is -0.137. The zero-order valence-corrected chi connectivity index (χ0v) is 10.8. The first-order valence-electron chi connectivity index (χ1n) is 6.72. The lowest BCUT2D eigenvalue weighted by Crippen LogP contribution is -2.53. The lowest BCUT2D eigenvalue weighted by atomic mass is 9.79. The third kappa shape index (κ3) is 2.13. The second-order valence-corrected chi connectivity index (χ2v) is 5.48. The molecule has 108 valence electrons. The average molecular weight is 284 g/mol. The van der Waals surface area contributed by atoms with Crippen LogP contribution in [0, 0.1) is 0 Å². The monoisotopic (exact) mass is 284 g/mol. The predicted octanol–water partition coefficient (Wildman–Crippen LogP) is 3.77. The van der Waals surface area contributed by atoms with Gasteiger partial charge in [-0.1, -0.05) is 19.3 Å². The first-order chi connectivity index (χ1) is 9.41. The van der Waals surface area contributed by atoms with Crippen LogP contribution in [-0.4, -0.2) is 11.4 Å². The minimum Gasteiger partial charge on any atom is -0.370 e. The van der Waals surface area contributed by atoms with E-state index in [0.717, 1.165) is 31.4 Å². The molecule has 0 aromatic heterocycles. The Morgan fingerprint density at radius 1 is 1.05 bits per heavy atom. The molecule has 2 N–H and O–H groups in total. The molecule has 1 spiro atoms. The Labute approximate surface area is 114 Å². The number of rotatable bonds is 0. The van der Waals surface area contributed by atoms with Crippen molar-refractivity contribution in [1.82, 2.24) is 0 Å². The molecule has 1 aromatic rings. The van der Waals surface area contributed by atoms with Gasteiger partial charge in [0.05, 0.1) is 16.9 Å². The van der Waals surface area contributed by atoms with Crippen molar-refractivity contribution in [3.63, 3.8) is 0 Å². The topological polar surface area (TPSA) is 41.1 Å². The molecule has 1 saturated carbocycles. The van der Waals surface area contributed by atoms with Crippen LogP contribution in [-0.2, 0) is 11.0 Å². The molecule has 1 heterocycles. The molecule has 6 heteroatoms. The summed E-state index contributed by atoms with van der Waals surface area (Å²) >= 11 is 0. The molecule has 0 bridgehead atoms. The van der Waals surface area contributed by atoms with E-state index in [1.807, 2.05) is 0 Å². The Balaban J connectivity index is 1.97. The third-order valence-electron chi connectivity index (χ3n) is 4.11. The van der Waals surface area contributed by atoms with Crippen molar-refractivity contribution in [2.24, 2.45) is 0 Å². The summed E-state index contributed by atoms with van der Waals surface area (Å²) in [7, 11) is 0. The summed E-state index contributed by atoms with van der Waals surface area (Å²) in [5.41, 5.74) is -0.665. The molecule has 20 heavy (non-hydrogen) atoms. The second-order valence-electron chi connectivity index (χ2n) is 5.48. The Kier molecular flexibility index (Phi) is 2.92. The number of carbonyl (C=O) groups is 1. The molecule has 0 unspecified atom stereocenters. The first kappa shape index (κ1) is 13.3. The summed E-state index contributed by atoms with van der Waals surface area (Å²) in [4.78, 5) is 12.2. The maximum atomic E-state index is 12.8. The fourth-order valence-corrected chi connectivity index (χ4v) is 3.00. The van der Waals surface area contributed by atoms with Gasteiger partial charge in [-0.05, 0) is 31.0 Å². The van der Waals surface area contributed by atoms with Crippen LogP contribution in [0.1, 0.15) is 37.7 Å². The Bertz CT molecular complexity index is 548. The van der Waals surface area contributed by atoms with E-state index >= 15 is 0 Å². The number of carbonyl (C=O) groups excluding carboxylic acids is 1. The summed E-state index contributed by atoms with van der Waals surface area (Å²) in [6.45, 7) is 0. The SMILES string of the molecule is O=C1Nc2ccc(C(F)(F)F)cc2NC12CCCCC2. The van der Waals surface area contributed by atoms with Crippen LogP contribution in [0.25, 0.3) is 0 Å². The number of amides is 1. The van der Waals surface area contributed by atoms with E-state index in [-0.39, 0.29) is 5.91 Å². The smallest absolute Gasteiger partial charge is 0.370 e. The molecule has 1 aromatic carbocycles. The number of hydrogen-bond donors (Lipinski definition) is 2. The highest BCUT2D eigenvalue weighted by Gasteiger charge is 2.43. The summed E-state index contributed by atoms with van der Waals surface area (Å²) in [6.07, 6.45) is -0.170. The molecule has 0 atom stereocenters. The van der Waals surface area contributed by atoms with Gasteiger partial charge in [-0.25, -0.2) is 0 Å². The standard InChI is InChI=1S/C14H15F3N2O/c15-14(16,17)9-4-5-10-11(8-9)19-13(12(20)18-10)6-2-1-3-7-13/h4-5,8,19H,1-3,6-7H2,(H,18,20). The molecule has 3 nitrogen and oxygen atoms in total. The number of alkyl halides is 3. The van der Waals surface area contributed by atoms with E-state index in [1.54, 1.807) is 0 Å². The van der Waals surface area contributed by atoms with E-state index in [9.17, 15) is 18.0 Å². The fraction of sp³-hybridized carbons (Fsp3) is 0.500. The molecule has 1 amide bonds. The lowest BCUT2D eigenvalue weighted by Gasteiger charge is -2.41. The number of nitrogens with one attached hydrogen (secondary N) is 2.